The number of nitrogens with one attached hydrogen (secondary N) is 2. The fourth-order valence-electron chi connectivity index (χ4n) is 4.35. The topological polar surface area (TPSA) is 82.7 Å². The van der Waals surface area contributed by atoms with Crippen LogP contribution in [0.15, 0.2) is 23.7 Å². The largest absolute Gasteiger partial charge is 0.410 e. The summed E-state index contributed by atoms with van der Waals surface area (Å²) in [5.74, 6) is -0.545. The van der Waals surface area contributed by atoms with Gasteiger partial charge in [-0.25, -0.2) is 4.68 Å². The number of halogens is 3. The Morgan fingerprint density at radius 2 is 2.16 bits per heavy atom. The first-order valence-electron chi connectivity index (χ1n) is 10.2. The molecule has 32 heavy (non-hydrogen) atoms. The van der Waals surface area contributed by atoms with Crippen LogP contribution in [0.1, 0.15) is 62.6 Å². The van der Waals surface area contributed by atoms with Crippen LogP contribution in [0.25, 0.3) is 0 Å². The van der Waals surface area contributed by atoms with Gasteiger partial charge in [0.25, 0.3) is 5.91 Å². The van der Waals surface area contributed by atoms with Crippen LogP contribution in [-0.4, -0.2) is 21.9 Å². The van der Waals surface area contributed by atoms with E-state index in [1.165, 1.54) is 22.7 Å². The average Bonchev–Trinajstić information content (AvgIpc) is 3.49. The number of nitrogens with zero attached hydrogens (tertiary/aromatic N) is 3. The number of amides is 1. The number of hydrogen-bond donors (Lipinski definition) is 2. The van der Waals surface area contributed by atoms with Gasteiger partial charge in [-0.05, 0) is 42.7 Å². The number of carbonyl (C=O) groups excluding carboxylic acids is 1. The van der Waals surface area contributed by atoms with Crippen LogP contribution in [0.4, 0.5) is 24.0 Å². The van der Waals surface area contributed by atoms with Gasteiger partial charge in [0, 0.05) is 16.2 Å². The van der Waals surface area contributed by atoms with E-state index in [1.807, 2.05) is 0 Å². The van der Waals surface area contributed by atoms with Gasteiger partial charge in [-0.2, -0.15) is 23.5 Å². The monoisotopic (exact) mass is 477 g/mol. The maximum Gasteiger partial charge on any atom is 0.410 e. The lowest BCUT2D eigenvalue weighted by molar-refractivity contribution is -0.173. The van der Waals surface area contributed by atoms with Crippen molar-refractivity contribution in [2.45, 2.75) is 50.4 Å². The summed E-state index contributed by atoms with van der Waals surface area (Å²) in [5.41, 5.74) is 1.46. The highest BCUT2D eigenvalue weighted by atomic mass is 32.1. The number of aromatic nitrogens is 2. The number of alkyl halides is 3. The summed E-state index contributed by atoms with van der Waals surface area (Å²) in [5, 5.41) is 21.6. The van der Waals surface area contributed by atoms with Gasteiger partial charge in [0.05, 0.1) is 17.8 Å². The summed E-state index contributed by atoms with van der Waals surface area (Å²) in [6, 6.07) is 3.32. The van der Waals surface area contributed by atoms with Gasteiger partial charge in [-0.15, -0.1) is 22.7 Å². The molecule has 2 aliphatic rings. The van der Waals surface area contributed by atoms with E-state index in [1.54, 1.807) is 17.5 Å². The lowest BCUT2D eigenvalue weighted by Crippen LogP contribution is -2.36. The third-order valence-corrected chi connectivity index (χ3v) is 8.07. The Balaban J connectivity index is 1.49. The second-order valence-electron chi connectivity index (χ2n) is 7.84. The Labute approximate surface area is 189 Å². The van der Waals surface area contributed by atoms with Crippen LogP contribution in [0.2, 0.25) is 0 Å². The molecule has 0 spiro atoms. The van der Waals surface area contributed by atoms with Crippen molar-refractivity contribution >= 4 is 39.4 Å². The zero-order chi connectivity index (χ0) is 22.5. The Morgan fingerprint density at radius 1 is 1.34 bits per heavy atom. The van der Waals surface area contributed by atoms with Crippen LogP contribution >= 0.6 is 22.7 Å². The molecule has 0 radical (unpaired) electrons. The minimum absolute atomic E-state index is 0.0239. The van der Waals surface area contributed by atoms with Gasteiger partial charge < -0.3 is 10.6 Å². The molecule has 3 aromatic rings. The summed E-state index contributed by atoms with van der Waals surface area (Å²) in [6.07, 6.45) is 0.136. The maximum atomic E-state index is 13.8. The highest BCUT2D eigenvalue weighted by Gasteiger charge is 2.47. The fourth-order valence-corrected chi connectivity index (χ4v) is 6.37. The maximum absolute atomic E-state index is 13.8. The van der Waals surface area contributed by atoms with E-state index in [2.05, 4.69) is 21.8 Å². The van der Waals surface area contributed by atoms with Crippen molar-refractivity contribution in [3.63, 3.8) is 0 Å². The van der Waals surface area contributed by atoms with Crippen LogP contribution in [0, 0.1) is 11.3 Å². The number of aryl methyl sites for hydroxylation is 1. The average molecular weight is 478 g/mol. The number of anilines is 2. The molecule has 1 aliphatic heterocycles. The van der Waals surface area contributed by atoms with E-state index >= 15 is 0 Å². The molecular formula is C21H18F3N5OS2. The Kier molecular flexibility index (Phi) is 5.22. The third-order valence-electron chi connectivity index (χ3n) is 5.88. The first kappa shape index (κ1) is 21.0. The van der Waals surface area contributed by atoms with Crippen LogP contribution in [0.5, 0.6) is 0 Å². The van der Waals surface area contributed by atoms with Crippen molar-refractivity contribution in [2.24, 2.45) is 0 Å². The molecule has 0 unspecified atom stereocenters. The van der Waals surface area contributed by atoms with Crippen LogP contribution in [0.3, 0.4) is 0 Å². The predicted molar refractivity (Wildman–Crippen MR) is 116 cm³/mol. The number of fused-ring (bicyclic) bond motifs is 2. The minimum atomic E-state index is -4.51. The Hall–Kier alpha value is -2.84. The zero-order valence-electron chi connectivity index (χ0n) is 16.7. The third kappa shape index (κ3) is 3.57. The van der Waals surface area contributed by atoms with E-state index in [0.717, 1.165) is 51.9 Å². The second kappa shape index (κ2) is 7.94. The number of carbonyl (C=O) groups is 1. The van der Waals surface area contributed by atoms with Crippen molar-refractivity contribution in [3.8, 4) is 6.07 Å². The van der Waals surface area contributed by atoms with Gasteiger partial charge >= 0.3 is 6.18 Å². The normalized spacial score (nSPS) is 20.1. The smallest absolute Gasteiger partial charge is 0.362 e. The molecule has 3 aromatic heterocycles. The van der Waals surface area contributed by atoms with Crippen molar-refractivity contribution in [1.82, 2.24) is 9.78 Å². The highest BCUT2D eigenvalue weighted by Crippen LogP contribution is 2.45. The summed E-state index contributed by atoms with van der Waals surface area (Å²) < 4.78 is 42.3. The van der Waals surface area contributed by atoms with Gasteiger partial charge in [-0.1, -0.05) is 6.07 Å². The molecule has 5 rings (SSSR count). The number of nitriles is 1. The van der Waals surface area contributed by atoms with Crippen LogP contribution < -0.4 is 10.6 Å². The van der Waals surface area contributed by atoms with E-state index in [-0.39, 0.29) is 17.8 Å². The molecule has 0 aromatic carbocycles. The molecule has 1 amide bonds. The van der Waals surface area contributed by atoms with Crippen molar-refractivity contribution < 1.29 is 18.0 Å². The van der Waals surface area contributed by atoms with E-state index in [0.29, 0.717) is 10.6 Å². The van der Waals surface area contributed by atoms with Crippen molar-refractivity contribution in [3.05, 3.63) is 50.2 Å². The fraction of sp³-hybridized carbons (Fsp3) is 0.381. The number of rotatable bonds is 3. The molecule has 4 heterocycles. The first-order chi connectivity index (χ1) is 15.4. The van der Waals surface area contributed by atoms with Crippen LogP contribution in [-0.2, 0) is 12.8 Å². The summed E-state index contributed by atoms with van der Waals surface area (Å²) >= 11 is 2.73. The Bertz CT molecular complexity index is 1210. The van der Waals surface area contributed by atoms with E-state index in [4.69, 9.17) is 0 Å². The SMILES string of the molecule is N#Cc1c(NC(=O)c2cnn3c2N[C@@H](c2cccs2)C[C@H]3C(F)(F)F)sc2c1CCCC2. The molecule has 11 heteroatoms. The Morgan fingerprint density at radius 3 is 2.88 bits per heavy atom. The van der Waals surface area contributed by atoms with Gasteiger partial charge in [0.1, 0.15) is 22.5 Å². The molecule has 2 N–H and O–H groups in total. The molecule has 6 nitrogen and oxygen atoms in total. The highest BCUT2D eigenvalue weighted by molar-refractivity contribution is 7.16. The molecule has 0 saturated heterocycles. The lowest BCUT2D eigenvalue weighted by Gasteiger charge is -2.33. The first-order valence-corrected chi connectivity index (χ1v) is 11.9. The quantitative estimate of drug-likeness (QED) is 0.509. The molecule has 1 aliphatic carbocycles. The minimum Gasteiger partial charge on any atom is -0.362 e. The summed E-state index contributed by atoms with van der Waals surface area (Å²) in [4.78, 5) is 14.9. The molecular weight excluding hydrogens is 459 g/mol. The van der Waals surface area contributed by atoms with Gasteiger partial charge in [-0.3, -0.25) is 4.79 Å². The van der Waals surface area contributed by atoms with Gasteiger partial charge in [0.15, 0.2) is 6.04 Å². The van der Waals surface area contributed by atoms with Gasteiger partial charge in [0.2, 0.25) is 0 Å². The van der Waals surface area contributed by atoms with E-state index in [9.17, 15) is 23.2 Å². The molecule has 0 saturated carbocycles. The van der Waals surface area contributed by atoms with Crippen molar-refractivity contribution in [1.29, 1.82) is 5.26 Å². The number of hydrogen-bond acceptors (Lipinski definition) is 6. The van der Waals surface area contributed by atoms with E-state index < -0.39 is 24.2 Å². The molecule has 0 fully saturated rings. The predicted octanol–water partition coefficient (Wildman–Crippen LogP) is 5.67. The number of thiophene rings is 2. The molecule has 166 valence electrons. The lowest BCUT2D eigenvalue weighted by atomic mass is 9.96. The standard InChI is InChI=1S/C21H18F3N5OS2/c22-21(23,24)17-8-14(16-6-3-7-31-16)27-18-13(10-26-29(17)18)19(30)28-20-12(9-25)11-4-1-2-5-15(11)32-20/h3,6-7,10,14,17,27H,1-2,4-5,8H2,(H,28,30)/t14-,17+/m1/s1. The molecule has 0 bridgehead atoms. The zero-order valence-corrected chi connectivity index (χ0v) is 18.3. The summed E-state index contributed by atoms with van der Waals surface area (Å²) in [6.45, 7) is 0. The molecule has 2 atom stereocenters. The second-order valence-corrected chi connectivity index (χ2v) is 9.92. The van der Waals surface area contributed by atoms with Crippen molar-refractivity contribution in [2.75, 3.05) is 10.6 Å². The summed E-state index contributed by atoms with van der Waals surface area (Å²) in [7, 11) is 0.